The molecule has 0 atom stereocenters. The third-order valence-electron chi connectivity index (χ3n) is 3.66. The van der Waals surface area contributed by atoms with Crippen molar-refractivity contribution in [3.63, 3.8) is 0 Å². The van der Waals surface area contributed by atoms with Gasteiger partial charge in [0.2, 0.25) is 0 Å². The van der Waals surface area contributed by atoms with Gasteiger partial charge in [-0.05, 0) is 30.3 Å². The van der Waals surface area contributed by atoms with Crippen LogP contribution in [-0.4, -0.2) is 41.0 Å². The number of hydrogen-bond acceptors (Lipinski definition) is 4. The summed E-state index contributed by atoms with van der Waals surface area (Å²) in [5.74, 6) is 1.71. The first-order chi connectivity index (χ1) is 10.3. The van der Waals surface area contributed by atoms with Crippen LogP contribution in [0.4, 0.5) is 0 Å². The molecule has 112 valence electrons. The van der Waals surface area contributed by atoms with Gasteiger partial charge in [-0.3, -0.25) is 9.58 Å². The van der Waals surface area contributed by atoms with E-state index in [1.165, 1.54) is 5.56 Å². The Hall–Kier alpha value is -2.01. The summed E-state index contributed by atoms with van der Waals surface area (Å²) in [6.07, 6.45) is 3.81. The third kappa shape index (κ3) is 3.55. The summed E-state index contributed by atoms with van der Waals surface area (Å²) in [7, 11) is 0. The van der Waals surface area contributed by atoms with Crippen molar-refractivity contribution in [2.24, 2.45) is 0 Å². The molecule has 0 aliphatic carbocycles. The fraction of sp³-hybridized carbons (Fsp3) is 0.438. The normalized spacial score (nSPS) is 13.6. The number of hydrogen-bond donors (Lipinski definition) is 0. The molecule has 1 aromatic heterocycles. The lowest BCUT2D eigenvalue weighted by atomic mass is 10.2. The molecule has 0 unspecified atom stereocenters. The van der Waals surface area contributed by atoms with Crippen molar-refractivity contribution in [2.75, 3.05) is 26.3 Å². The lowest BCUT2D eigenvalue weighted by molar-refractivity contribution is 0.171. The van der Waals surface area contributed by atoms with Crippen molar-refractivity contribution < 1.29 is 9.47 Å². The molecule has 0 spiro atoms. The van der Waals surface area contributed by atoms with Gasteiger partial charge in [-0.1, -0.05) is 13.0 Å². The predicted octanol–water partition coefficient (Wildman–Crippen LogP) is 2.18. The molecule has 2 heterocycles. The van der Waals surface area contributed by atoms with Crippen LogP contribution < -0.4 is 9.47 Å². The number of fused-ring (bicyclic) bond motifs is 1. The summed E-state index contributed by atoms with van der Waals surface area (Å²) in [4.78, 5) is 2.40. The van der Waals surface area contributed by atoms with Crippen LogP contribution in [0.1, 0.15) is 12.5 Å². The zero-order valence-electron chi connectivity index (χ0n) is 12.4. The SMILES string of the molecule is CCN(CCn1cccn1)Cc1ccc2c(c1)OCCO2. The number of likely N-dealkylation sites (N-methyl/N-ethyl adjacent to an activating group) is 1. The lowest BCUT2D eigenvalue weighted by Crippen LogP contribution is -2.27. The molecule has 0 radical (unpaired) electrons. The molecule has 0 fully saturated rings. The Morgan fingerprint density at radius 3 is 2.86 bits per heavy atom. The van der Waals surface area contributed by atoms with E-state index in [-0.39, 0.29) is 0 Å². The standard InChI is InChI=1S/C16H21N3O2/c1-2-18(8-9-19-7-3-6-17-19)13-14-4-5-15-16(12-14)21-11-10-20-15/h3-7,12H,2,8-11,13H2,1H3. The zero-order valence-corrected chi connectivity index (χ0v) is 12.4. The van der Waals surface area contributed by atoms with Gasteiger partial charge >= 0.3 is 0 Å². The molecule has 1 aromatic carbocycles. The number of benzene rings is 1. The quantitative estimate of drug-likeness (QED) is 0.816. The first-order valence-corrected chi connectivity index (χ1v) is 7.43. The van der Waals surface area contributed by atoms with E-state index in [1.54, 1.807) is 0 Å². The van der Waals surface area contributed by atoms with E-state index in [2.05, 4.69) is 29.1 Å². The van der Waals surface area contributed by atoms with Crippen molar-refractivity contribution in [2.45, 2.75) is 20.0 Å². The van der Waals surface area contributed by atoms with E-state index in [4.69, 9.17) is 9.47 Å². The molecule has 0 bridgehead atoms. The Morgan fingerprint density at radius 1 is 1.24 bits per heavy atom. The van der Waals surface area contributed by atoms with E-state index in [0.717, 1.165) is 37.7 Å². The maximum absolute atomic E-state index is 5.64. The number of ether oxygens (including phenoxy) is 2. The maximum Gasteiger partial charge on any atom is 0.161 e. The number of nitrogens with zero attached hydrogens (tertiary/aromatic N) is 3. The molecular formula is C16H21N3O2. The van der Waals surface area contributed by atoms with Crippen molar-refractivity contribution >= 4 is 0 Å². The fourth-order valence-electron chi connectivity index (χ4n) is 2.47. The van der Waals surface area contributed by atoms with Crippen LogP contribution in [0.2, 0.25) is 0 Å². The van der Waals surface area contributed by atoms with Gasteiger partial charge in [0.25, 0.3) is 0 Å². The van der Waals surface area contributed by atoms with Crippen LogP contribution in [0, 0.1) is 0 Å². The first-order valence-electron chi connectivity index (χ1n) is 7.43. The Bertz CT molecular complexity index is 569. The minimum atomic E-state index is 0.632. The van der Waals surface area contributed by atoms with Crippen molar-refractivity contribution in [1.29, 1.82) is 0 Å². The van der Waals surface area contributed by atoms with Gasteiger partial charge in [-0.15, -0.1) is 0 Å². The predicted molar refractivity (Wildman–Crippen MR) is 80.6 cm³/mol. The van der Waals surface area contributed by atoms with E-state index >= 15 is 0 Å². The molecule has 5 heteroatoms. The van der Waals surface area contributed by atoms with Crippen LogP contribution in [0.15, 0.2) is 36.7 Å². The molecule has 1 aliphatic heterocycles. The highest BCUT2D eigenvalue weighted by Gasteiger charge is 2.13. The molecule has 0 saturated heterocycles. The van der Waals surface area contributed by atoms with Gasteiger partial charge in [0.05, 0.1) is 6.54 Å². The van der Waals surface area contributed by atoms with E-state index in [1.807, 2.05) is 29.2 Å². The Kier molecular flexibility index (Phi) is 4.40. The maximum atomic E-state index is 5.64. The summed E-state index contributed by atoms with van der Waals surface area (Å²) < 4.78 is 13.2. The van der Waals surface area contributed by atoms with E-state index in [9.17, 15) is 0 Å². The highest BCUT2D eigenvalue weighted by molar-refractivity contribution is 5.43. The third-order valence-corrected chi connectivity index (χ3v) is 3.66. The summed E-state index contributed by atoms with van der Waals surface area (Å²) in [6.45, 7) is 7.26. The van der Waals surface area contributed by atoms with Gasteiger partial charge in [0.1, 0.15) is 13.2 Å². The molecule has 3 rings (SSSR count). The number of aromatic nitrogens is 2. The fourth-order valence-corrected chi connectivity index (χ4v) is 2.47. The largest absolute Gasteiger partial charge is 0.486 e. The molecular weight excluding hydrogens is 266 g/mol. The minimum absolute atomic E-state index is 0.632. The zero-order chi connectivity index (χ0) is 14.5. The van der Waals surface area contributed by atoms with Crippen molar-refractivity contribution in [3.05, 3.63) is 42.2 Å². The first kappa shape index (κ1) is 13.9. The topological polar surface area (TPSA) is 39.5 Å². The smallest absolute Gasteiger partial charge is 0.161 e. The molecule has 0 amide bonds. The monoisotopic (exact) mass is 287 g/mol. The molecule has 21 heavy (non-hydrogen) atoms. The summed E-state index contributed by atoms with van der Waals surface area (Å²) in [5, 5.41) is 4.24. The van der Waals surface area contributed by atoms with Crippen molar-refractivity contribution in [1.82, 2.24) is 14.7 Å². The molecule has 0 N–H and O–H groups in total. The van der Waals surface area contributed by atoms with E-state index in [0.29, 0.717) is 13.2 Å². The van der Waals surface area contributed by atoms with Gasteiger partial charge < -0.3 is 9.47 Å². The number of rotatable bonds is 6. The van der Waals surface area contributed by atoms with Crippen LogP contribution in [-0.2, 0) is 13.1 Å². The molecule has 5 nitrogen and oxygen atoms in total. The Balaban J connectivity index is 1.60. The van der Waals surface area contributed by atoms with Crippen LogP contribution >= 0.6 is 0 Å². The molecule has 2 aromatic rings. The second-order valence-electron chi connectivity index (χ2n) is 5.12. The highest BCUT2D eigenvalue weighted by atomic mass is 16.6. The Labute approximate surface area is 125 Å². The van der Waals surface area contributed by atoms with Crippen LogP contribution in [0.3, 0.4) is 0 Å². The Morgan fingerprint density at radius 2 is 2.10 bits per heavy atom. The summed E-state index contributed by atoms with van der Waals surface area (Å²) >= 11 is 0. The second-order valence-corrected chi connectivity index (χ2v) is 5.12. The minimum Gasteiger partial charge on any atom is -0.486 e. The van der Waals surface area contributed by atoms with Gasteiger partial charge in [0.15, 0.2) is 11.5 Å². The average molecular weight is 287 g/mol. The summed E-state index contributed by atoms with van der Waals surface area (Å²) in [6, 6.07) is 8.16. The lowest BCUT2D eigenvalue weighted by Gasteiger charge is -2.22. The molecule has 1 aliphatic rings. The summed E-state index contributed by atoms with van der Waals surface area (Å²) in [5.41, 5.74) is 1.25. The van der Waals surface area contributed by atoms with E-state index < -0.39 is 0 Å². The highest BCUT2D eigenvalue weighted by Crippen LogP contribution is 2.31. The van der Waals surface area contributed by atoms with Gasteiger partial charge in [0, 0.05) is 25.5 Å². The van der Waals surface area contributed by atoms with Crippen LogP contribution in [0.25, 0.3) is 0 Å². The van der Waals surface area contributed by atoms with Crippen LogP contribution in [0.5, 0.6) is 11.5 Å². The second kappa shape index (κ2) is 6.63. The molecule has 0 saturated carbocycles. The van der Waals surface area contributed by atoms with Gasteiger partial charge in [-0.2, -0.15) is 5.10 Å². The van der Waals surface area contributed by atoms with Gasteiger partial charge in [-0.25, -0.2) is 0 Å². The van der Waals surface area contributed by atoms with Crippen molar-refractivity contribution in [3.8, 4) is 11.5 Å². The average Bonchev–Trinajstić information content (AvgIpc) is 3.04.